The van der Waals surface area contributed by atoms with Gasteiger partial charge in [-0.15, -0.1) is 5.10 Å². The molecule has 0 fully saturated rings. The van der Waals surface area contributed by atoms with Gasteiger partial charge < -0.3 is 10.2 Å². The van der Waals surface area contributed by atoms with E-state index < -0.39 is 16.1 Å². The van der Waals surface area contributed by atoms with Crippen molar-refractivity contribution in [3.05, 3.63) is 48.0 Å². The van der Waals surface area contributed by atoms with Gasteiger partial charge >= 0.3 is 0 Å². The van der Waals surface area contributed by atoms with E-state index in [1.54, 1.807) is 26.8 Å². The Morgan fingerprint density at radius 3 is 2.33 bits per heavy atom. The molecule has 1 amide bonds. The highest BCUT2D eigenvalue weighted by atomic mass is 32.2. The fourth-order valence-corrected chi connectivity index (χ4v) is 4.80. The SMILES string of the molecule is CCN(CC)S(=O)(=O)c1ccc2nnn(OC(C)C(=O)Nc3ccc(C(C)(C)C)cc3)c2c1. The van der Waals surface area contributed by atoms with Crippen molar-refractivity contribution in [1.29, 1.82) is 0 Å². The summed E-state index contributed by atoms with van der Waals surface area (Å²) in [5, 5.41) is 10.8. The summed E-state index contributed by atoms with van der Waals surface area (Å²) in [4.78, 5) is 19.5. The van der Waals surface area contributed by atoms with E-state index in [0.29, 0.717) is 29.8 Å². The number of benzene rings is 2. The van der Waals surface area contributed by atoms with Gasteiger partial charge in [-0.25, -0.2) is 8.42 Å². The lowest BCUT2D eigenvalue weighted by Crippen LogP contribution is -2.35. The number of hydrogen-bond acceptors (Lipinski definition) is 6. The Morgan fingerprint density at radius 1 is 1.12 bits per heavy atom. The van der Waals surface area contributed by atoms with Gasteiger partial charge in [0.15, 0.2) is 0 Å². The molecule has 1 N–H and O–H groups in total. The fraction of sp³-hybridized carbons (Fsp3) is 0.435. The van der Waals surface area contributed by atoms with E-state index >= 15 is 0 Å². The molecule has 2 aromatic carbocycles. The maximum atomic E-state index is 12.9. The Hall–Kier alpha value is -2.98. The summed E-state index contributed by atoms with van der Waals surface area (Å²) < 4.78 is 27.1. The molecule has 10 heteroatoms. The molecule has 1 aromatic heterocycles. The zero-order chi connectivity index (χ0) is 24.4. The van der Waals surface area contributed by atoms with E-state index in [-0.39, 0.29) is 16.2 Å². The van der Waals surface area contributed by atoms with E-state index in [2.05, 4.69) is 36.4 Å². The standard InChI is InChI=1S/C23H31N5O4S/c1-7-27(8-2)33(30,31)19-13-14-20-21(15-19)28(26-25-20)32-16(3)22(29)24-18-11-9-17(10-12-18)23(4,5)6/h9-16H,7-8H2,1-6H3,(H,24,29). The number of fused-ring (bicyclic) bond motifs is 1. The molecule has 1 heterocycles. The lowest BCUT2D eigenvalue weighted by atomic mass is 9.87. The number of sulfonamides is 1. The van der Waals surface area contributed by atoms with Crippen molar-refractivity contribution >= 4 is 32.7 Å². The largest absolute Gasteiger partial charge is 0.382 e. The van der Waals surface area contributed by atoms with E-state index in [1.807, 2.05) is 24.3 Å². The van der Waals surface area contributed by atoms with Crippen LogP contribution in [-0.2, 0) is 20.2 Å². The minimum atomic E-state index is -3.66. The molecule has 0 bridgehead atoms. The van der Waals surface area contributed by atoms with Crippen LogP contribution in [0.2, 0.25) is 0 Å². The predicted octanol–water partition coefficient (Wildman–Crippen LogP) is 3.22. The van der Waals surface area contributed by atoms with Crippen LogP contribution < -0.4 is 10.2 Å². The number of amides is 1. The molecule has 9 nitrogen and oxygen atoms in total. The van der Waals surface area contributed by atoms with Gasteiger partial charge in [0.25, 0.3) is 5.91 Å². The molecule has 0 aliphatic rings. The van der Waals surface area contributed by atoms with Crippen molar-refractivity contribution in [3.8, 4) is 0 Å². The van der Waals surface area contributed by atoms with Crippen LogP contribution >= 0.6 is 0 Å². The average Bonchev–Trinajstić information content (AvgIpc) is 3.16. The number of carbonyl (C=O) groups is 1. The van der Waals surface area contributed by atoms with Gasteiger partial charge in [0.05, 0.1) is 4.90 Å². The maximum Gasteiger partial charge on any atom is 0.267 e. The third-order valence-corrected chi connectivity index (χ3v) is 7.42. The topological polar surface area (TPSA) is 106 Å². The normalized spacial score (nSPS) is 13.3. The summed E-state index contributed by atoms with van der Waals surface area (Å²) in [7, 11) is -3.66. The van der Waals surface area contributed by atoms with Crippen LogP contribution in [0.1, 0.15) is 47.1 Å². The maximum absolute atomic E-state index is 12.9. The first kappa shape index (κ1) is 24.7. The summed E-state index contributed by atoms with van der Waals surface area (Å²) in [5.74, 6) is -0.367. The summed E-state index contributed by atoms with van der Waals surface area (Å²) in [6, 6.07) is 12.2. The highest BCUT2D eigenvalue weighted by molar-refractivity contribution is 7.89. The second kappa shape index (κ2) is 9.48. The summed E-state index contributed by atoms with van der Waals surface area (Å²) in [6.07, 6.45) is -0.903. The van der Waals surface area contributed by atoms with E-state index in [1.165, 1.54) is 16.4 Å². The molecule has 0 spiro atoms. The molecule has 3 rings (SSSR count). The molecular formula is C23H31N5O4S. The lowest BCUT2D eigenvalue weighted by Gasteiger charge is -2.19. The summed E-state index contributed by atoms with van der Waals surface area (Å²) >= 11 is 0. The van der Waals surface area contributed by atoms with E-state index in [9.17, 15) is 13.2 Å². The van der Waals surface area contributed by atoms with Gasteiger partial charge in [0.2, 0.25) is 16.1 Å². The number of rotatable bonds is 8. The van der Waals surface area contributed by atoms with Gasteiger partial charge in [-0.05, 0) is 53.4 Å². The van der Waals surface area contributed by atoms with Crippen molar-refractivity contribution in [2.45, 2.75) is 58.0 Å². The summed E-state index contributed by atoms with van der Waals surface area (Å²) in [6.45, 7) is 12.2. The molecule has 1 unspecified atom stereocenters. The molecule has 178 valence electrons. The first-order valence-corrected chi connectivity index (χ1v) is 12.4. The quantitative estimate of drug-likeness (QED) is 0.538. The number of anilines is 1. The number of nitrogens with zero attached hydrogens (tertiary/aromatic N) is 4. The molecule has 33 heavy (non-hydrogen) atoms. The van der Waals surface area contributed by atoms with Crippen molar-refractivity contribution in [1.82, 2.24) is 19.5 Å². The van der Waals surface area contributed by atoms with Crippen LogP contribution in [0, 0.1) is 0 Å². The molecular weight excluding hydrogens is 442 g/mol. The Balaban J connectivity index is 1.78. The predicted molar refractivity (Wildman–Crippen MR) is 127 cm³/mol. The zero-order valence-corrected chi connectivity index (χ0v) is 20.7. The molecule has 0 radical (unpaired) electrons. The van der Waals surface area contributed by atoms with Crippen LogP contribution in [0.4, 0.5) is 5.69 Å². The minimum absolute atomic E-state index is 0.0186. The second-order valence-corrected chi connectivity index (χ2v) is 10.7. The van der Waals surface area contributed by atoms with Crippen LogP contribution in [-0.4, -0.2) is 53.0 Å². The van der Waals surface area contributed by atoms with Gasteiger partial charge in [-0.2, -0.15) is 4.31 Å². The Morgan fingerprint density at radius 2 is 1.76 bits per heavy atom. The van der Waals surface area contributed by atoms with Crippen molar-refractivity contribution < 1.29 is 18.0 Å². The first-order chi connectivity index (χ1) is 15.5. The molecule has 0 saturated heterocycles. The van der Waals surface area contributed by atoms with Crippen LogP contribution in [0.5, 0.6) is 0 Å². The van der Waals surface area contributed by atoms with Gasteiger partial charge in [0, 0.05) is 18.8 Å². The smallest absolute Gasteiger partial charge is 0.267 e. The number of nitrogens with one attached hydrogen (secondary N) is 1. The Bertz CT molecular complexity index is 1230. The molecule has 0 aliphatic carbocycles. The van der Waals surface area contributed by atoms with Crippen LogP contribution in [0.15, 0.2) is 47.4 Å². The zero-order valence-electron chi connectivity index (χ0n) is 19.9. The monoisotopic (exact) mass is 473 g/mol. The first-order valence-electron chi connectivity index (χ1n) is 10.9. The third-order valence-electron chi connectivity index (χ3n) is 5.38. The number of aromatic nitrogens is 3. The summed E-state index contributed by atoms with van der Waals surface area (Å²) in [5.41, 5.74) is 2.65. The lowest BCUT2D eigenvalue weighted by molar-refractivity contribution is -0.127. The van der Waals surface area contributed by atoms with Crippen LogP contribution in [0.3, 0.4) is 0 Å². The Kier molecular flexibility index (Phi) is 7.08. The van der Waals surface area contributed by atoms with Crippen molar-refractivity contribution in [3.63, 3.8) is 0 Å². The molecule has 3 aromatic rings. The third kappa shape index (κ3) is 5.33. The van der Waals surface area contributed by atoms with Crippen LogP contribution in [0.25, 0.3) is 11.0 Å². The van der Waals surface area contributed by atoms with Crippen molar-refractivity contribution in [2.75, 3.05) is 18.4 Å². The Labute approximate surface area is 194 Å². The molecule has 0 saturated carbocycles. The number of carbonyl (C=O) groups excluding carboxylic acids is 1. The second-order valence-electron chi connectivity index (χ2n) is 8.77. The minimum Gasteiger partial charge on any atom is -0.382 e. The fourth-order valence-electron chi connectivity index (χ4n) is 3.32. The highest BCUT2D eigenvalue weighted by Gasteiger charge is 2.24. The van der Waals surface area contributed by atoms with Crippen molar-refractivity contribution in [2.24, 2.45) is 0 Å². The van der Waals surface area contributed by atoms with E-state index in [4.69, 9.17) is 4.84 Å². The van der Waals surface area contributed by atoms with Gasteiger partial charge in [0.1, 0.15) is 11.0 Å². The molecule has 0 aliphatic heterocycles. The average molecular weight is 474 g/mol. The number of hydrogen-bond donors (Lipinski definition) is 1. The van der Waals surface area contributed by atoms with Gasteiger partial charge in [-0.1, -0.05) is 51.6 Å². The van der Waals surface area contributed by atoms with Gasteiger partial charge in [-0.3, -0.25) is 4.79 Å². The van der Waals surface area contributed by atoms with E-state index in [0.717, 1.165) is 10.4 Å². The molecule has 1 atom stereocenters. The highest BCUT2D eigenvalue weighted by Crippen LogP contribution is 2.24.